The normalized spacial score (nSPS) is 5.75. The van der Waals surface area contributed by atoms with Crippen molar-refractivity contribution in [1.29, 1.82) is 0 Å². The van der Waals surface area contributed by atoms with Crippen molar-refractivity contribution in [2.45, 2.75) is 13.8 Å². The molecule has 0 heterocycles. The fraction of sp³-hybridized carbons (Fsp3) is 0.750. The highest BCUT2D eigenvalue weighted by molar-refractivity contribution is 6.92. The minimum absolute atomic E-state index is 0. The average molecular weight is 159 g/mol. The Morgan fingerprint density at radius 2 is 2.00 bits per heavy atom. The van der Waals surface area contributed by atoms with Gasteiger partial charge >= 0.3 is 5.97 Å². The number of ether oxygens (including phenoxy) is 1. The van der Waals surface area contributed by atoms with Gasteiger partial charge in [0.1, 0.15) is 0 Å². The number of hydrogen-bond acceptors (Lipinski definition) is 2. The summed E-state index contributed by atoms with van der Waals surface area (Å²) >= 11 is 0. The molecule has 0 saturated carbocycles. The van der Waals surface area contributed by atoms with E-state index in [0.29, 0.717) is 6.61 Å². The number of halogens is 1. The van der Waals surface area contributed by atoms with Crippen molar-refractivity contribution in [3.8, 4) is 0 Å². The summed E-state index contributed by atoms with van der Waals surface area (Å²) < 4.78 is 4.40. The Balaban J connectivity index is -0.000000125. The van der Waals surface area contributed by atoms with Gasteiger partial charge in [-0.15, -0.1) is 12.4 Å². The number of carbonyl (C=O) groups excluding carboxylic acids is 1. The van der Waals surface area contributed by atoms with E-state index in [4.69, 9.17) is 0 Å². The van der Waals surface area contributed by atoms with Crippen LogP contribution in [0, 0.1) is 0 Å². The minimum Gasteiger partial charge on any atom is -0.466 e. The van der Waals surface area contributed by atoms with Gasteiger partial charge in [-0.25, -0.2) is 0 Å². The summed E-state index contributed by atoms with van der Waals surface area (Å²) in [5.41, 5.74) is 0. The van der Waals surface area contributed by atoms with Crippen LogP contribution in [0.5, 0.6) is 0 Å². The van der Waals surface area contributed by atoms with Crippen LogP contribution in [0.25, 0.3) is 0 Å². The molecule has 1 unspecified atom stereocenters. The molecule has 0 spiro atoms. The fourth-order valence-corrected chi connectivity index (χ4v) is 0.203. The zero-order valence-electron chi connectivity index (χ0n) is 5.14. The first-order chi connectivity index (χ1) is 2.77. The first-order valence-corrected chi connectivity index (χ1v) is 1.90. The molecule has 8 heavy (non-hydrogen) atoms. The van der Waals surface area contributed by atoms with E-state index in [-0.39, 0.29) is 28.3 Å². The second-order valence-corrected chi connectivity index (χ2v) is 0.925. The summed E-state index contributed by atoms with van der Waals surface area (Å²) in [4.78, 5) is 9.82. The van der Waals surface area contributed by atoms with E-state index in [1.807, 2.05) is 0 Å². The molecule has 0 rings (SSSR count). The van der Waals surface area contributed by atoms with Gasteiger partial charge in [-0.2, -0.15) is 9.90 Å². The molecule has 0 aromatic heterocycles. The lowest BCUT2D eigenvalue weighted by molar-refractivity contribution is -0.140. The second-order valence-electron chi connectivity index (χ2n) is 0.925. The SMILES string of the molecule is CCOC(C)=O.Cl.P. The van der Waals surface area contributed by atoms with Gasteiger partial charge in [-0.1, -0.05) is 0 Å². The Morgan fingerprint density at radius 1 is 1.62 bits per heavy atom. The molecule has 4 heteroatoms. The van der Waals surface area contributed by atoms with E-state index in [1.165, 1.54) is 6.92 Å². The van der Waals surface area contributed by atoms with Crippen molar-refractivity contribution in [1.82, 2.24) is 0 Å². The number of carbonyl (C=O) groups is 1. The van der Waals surface area contributed by atoms with Crippen LogP contribution in [0.15, 0.2) is 0 Å². The standard InChI is InChI=1S/C4H8O2.ClH.H3P/c1-3-6-4(2)5;;/h3H2,1-2H3;1H;1H3. The highest BCUT2D eigenvalue weighted by Crippen LogP contribution is 1.69. The zero-order chi connectivity index (χ0) is 4.99. The summed E-state index contributed by atoms with van der Waals surface area (Å²) in [6, 6.07) is 0. The molecular weight excluding hydrogens is 146 g/mol. The summed E-state index contributed by atoms with van der Waals surface area (Å²) in [6.45, 7) is 3.65. The van der Waals surface area contributed by atoms with Crippen LogP contribution in [0.1, 0.15) is 13.8 Å². The van der Waals surface area contributed by atoms with Crippen LogP contribution in [0.3, 0.4) is 0 Å². The Hall–Kier alpha value is 0.190. The molecule has 0 aliphatic carbocycles. The van der Waals surface area contributed by atoms with Gasteiger partial charge in [0.05, 0.1) is 6.61 Å². The molecular formula is C4H12ClO2P. The molecule has 0 saturated heterocycles. The second kappa shape index (κ2) is 10.2. The largest absolute Gasteiger partial charge is 0.466 e. The first-order valence-electron chi connectivity index (χ1n) is 1.90. The lowest BCUT2D eigenvalue weighted by Gasteiger charge is -1.89. The van der Waals surface area contributed by atoms with E-state index in [0.717, 1.165) is 0 Å². The third kappa shape index (κ3) is 16.4. The van der Waals surface area contributed by atoms with E-state index in [1.54, 1.807) is 6.92 Å². The molecule has 0 aromatic carbocycles. The molecule has 0 aromatic rings. The first kappa shape index (κ1) is 15.7. The molecule has 0 aliphatic rings. The maximum atomic E-state index is 9.82. The Bertz CT molecular complexity index is 58.0. The van der Waals surface area contributed by atoms with Crippen molar-refractivity contribution in [3.63, 3.8) is 0 Å². The molecule has 0 fully saturated rings. The predicted octanol–water partition coefficient (Wildman–Crippen LogP) is 1.05. The van der Waals surface area contributed by atoms with Crippen LogP contribution < -0.4 is 0 Å². The van der Waals surface area contributed by atoms with Gasteiger partial charge in [-0.3, -0.25) is 4.79 Å². The van der Waals surface area contributed by atoms with E-state index in [9.17, 15) is 4.79 Å². The molecule has 0 aliphatic heterocycles. The number of rotatable bonds is 1. The molecule has 0 radical (unpaired) electrons. The van der Waals surface area contributed by atoms with E-state index >= 15 is 0 Å². The van der Waals surface area contributed by atoms with E-state index < -0.39 is 0 Å². The molecule has 0 bridgehead atoms. The van der Waals surface area contributed by atoms with Gasteiger partial charge in [0, 0.05) is 6.92 Å². The molecule has 2 nitrogen and oxygen atoms in total. The van der Waals surface area contributed by atoms with Gasteiger partial charge < -0.3 is 4.74 Å². The van der Waals surface area contributed by atoms with Gasteiger partial charge in [0.2, 0.25) is 0 Å². The monoisotopic (exact) mass is 158 g/mol. The summed E-state index contributed by atoms with van der Waals surface area (Å²) in [5, 5.41) is 0. The molecule has 1 atom stereocenters. The van der Waals surface area contributed by atoms with Gasteiger partial charge in [-0.05, 0) is 6.92 Å². The van der Waals surface area contributed by atoms with Crippen molar-refractivity contribution in [3.05, 3.63) is 0 Å². The highest BCUT2D eigenvalue weighted by atomic mass is 35.5. The third-order valence-electron chi connectivity index (χ3n) is 0.348. The third-order valence-corrected chi connectivity index (χ3v) is 0.348. The lowest BCUT2D eigenvalue weighted by Crippen LogP contribution is -1.95. The number of hydrogen-bond donors (Lipinski definition) is 0. The minimum atomic E-state index is -0.211. The maximum absolute atomic E-state index is 9.82. The Morgan fingerprint density at radius 3 is 2.00 bits per heavy atom. The van der Waals surface area contributed by atoms with Crippen molar-refractivity contribution in [2.24, 2.45) is 0 Å². The Labute approximate surface area is 59.0 Å². The van der Waals surface area contributed by atoms with Crippen LogP contribution in [-0.2, 0) is 9.53 Å². The van der Waals surface area contributed by atoms with Crippen molar-refractivity contribution >= 4 is 28.3 Å². The smallest absolute Gasteiger partial charge is 0.302 e. The van der Waals surface area contributed by atoms with Crippen LogP contribution in [-0.4, -0.2) is 12.6 Å². The lowest BCUT2D eigenvalue weighted by atomic mass is 10.8. The van der Waals surface area contributed by atoms with Crippen molar-refractivity contribution < 1.29 is 9.53 Å². The summed E-state index contributed by atoms with van der Waals surface area (Å²) in [7, 11) is 0. The van der Waals surface area contributed by atoms with Crippen molar-refractivity contribution in [2.75, 3.05) is 6.61 Å². The van der Waals surface area contributed by atoms with E-state index in [2.05, 4.69) is 4.74 Å². The topological polar surface area (TPSA) is 26.3 Å². The molecule has 52 valence electrons. The molecule has 0 amide bonds. The maximum Gasteiger partial charge on any atom is 0.302 e. The van der Waals surface area contributed by atoms with Crippen LogP contribution in [0.4, 0.5) is 0 Å². The molecule has 0 N–H and O–H groups in total. The Kier molecular flexibility index (Phi) is 20.1. The summed E-state index contributed by atoms with van der Waals surface area (Å²) in [6.07, 6.45) is 0. The van der Waals surface area contributed by atoms with Gasteiger partial charge in [0.25, 0.3) is 0 Å². The fourth-order valence-electron chi connectivity index (χ4n) is 0.203. The quantitative estimate of drug-likeness (QED) is 0.421. The number of esters is 1. The highest BCUT2D eigenvalue weighted by Gasteiger charge is 1.81. The van der Waals surface area contributed by atoms with Gasteiger partial charge in [0.15, 0.2) is 0 Å². The predicted molar refractivity (Wildman–Crippen MR) is 40.7 cm³/mol. The average Bonchev–Trinajstić information content (AvgIpc) is 1.35. The van der Waals surface area contributed by atoms with Crippen LogP contribution >= 0.6 is 22.3 Å². The summed E-state index contributed by atoms with van der Waals surface area (Å²) in [5.74, 6) is -0.211. The zero-order valence-corrected chi connectivity index (χ0v) is 7.37. The van der Waals surface area contributed by atoms with Crippen LogP contribution in [0.2, 0.25) is 0 Å².